The van der Waals surface area contributed by atoms with E-state index in [2.05, 4.69) is 16.0 Å². The molecule has 0 spiro atoms. The molecule has 0 aromatic carbocycles. The molecule has 1 fully saturated rings. The topological polar surface area (TPSA) is 70.2 Å². The van der Waals surface area contributed by atoms with Gasteiger partial charge in [0.2, 0.25) is 11.8 Å². The molecule has 5 nitrogen and oxygen atoms in total. The fraction of sp³-hybridized carbons (Fsp3) is 0.778. The zero-order valence-corrected chi connectivity index (χ0v) is 8.64. The lowest BCUT2D eigenvalue weighted by molar-refractivity contribution is -0.126. The van der Waals surface area contributed by atoms with Crippen LogP contribution in [0.5, 0.6) is 0 Å². The third-order valence-corrected chi connectivity index (χ3v) is 2.31. The molecule has 1 rings (SSSR count). The van der Waals surface area contributed by atoms with E-state index in [9.17, 15) is 9.59 Å². The first-order valence-electron chi connectivity index (χ1n) is 4.78. The van der Waals surface area contributed by atoms with Crippen molar-refractivity contribution in [1.82, 2.24) is 16.0 Å². The molecule has 1 heterocycles. The smallest absolute Gasteiger partial charge is 0.239 e. The summed E-state index contributed by atoms with van der Waals surface area (Å²) in [7, 11) is 0. The van der Waals surface area contributed by atoms with Crippen LogP contribution in [0.25, 0.3) is 0 Å². The molecular formula is C9H17N3O2. The van der Waals surface area contributed by atoms with Crippen LogP contribution in [0.1, 0.15) is 20.3 Å². The van der Waals surface area contributed by atoms with Gasteiger partial charge in [-0.05, 0) is 19.9 Å². The minimum Gasteiger partial charge on any atom is -0.348 e. The highest BCUT2D eigenvalue weighted by molar-refractivity contribution is 5.84. The van der Waals surface area contributed by atoms with E-state index in [0.29, 0.717) is 0 Å². The van der Waals surface area contributed by atoms with Gasteiger partial charge >= 0.3 is 0 Å². The van der Waals surface area contributed by atoms with Crippen molar-refractivity contribution in [3.8, 4) is 0 Å². The van der Waals surface area contributed by atoms with E-state index in [0.717, 1.165) is 19.5 Å². The second kappa shape index (κ2) is 4.41. The van der Waals surface area contributed by atoms with Crippen LogP contribution in [0.15, 0.2) is 0 Å². The van der Waals surface area contributed by atoms with Crippen LogP contribution in [0.4, 0.5) is 0 Å². The van der Waals surface area contributed by atoms with Gasteiger partial charge in [-0.3, -0.25) is 9.59 Å². The van der Waals surface area contributed by atoms with E-state index in [1.807, 2.05) is 6.92 Å². The maximum absolute atomic E-state index is 11.4. The summed E-state index contributed by atoms with van der Waals surface area (Å²) in [5.74, 6) is -0.318. The van der Waals surface area contributed by atoms with Crippen molar-refractivity contribution in [3.05, 3.63) is 0 Å². The van der Waals surface area contributed by atoms with Crippen molar-refractivity contribution in [1.29, 1.82) is 0 Å². The van der Waals surface area contributed by atoms with Crippen LogP contribution in [0.3, 0.4) is 0 Å². The molecule has 5 heteroatoms. The molecule has 0 bridgehead atoms. The lowest BCUT2D eigenvalue weighted by Crippen LogP contribution is -2.50. The van der Waals surface area contributed by atoms with Gasteiger partial charge < -0.3 is 16.0 Å². The molecule has 2 amide bonds. The molecule has 0 aliphatic carbocycles. The fourth-order valence-electron chi connectivity index (χ4n) is 1.51. The summed E-state index contributed by atoms with van der Waals surface area (Å²) in [5.41, 5.74) is -0.157. The number of hydrogen-bond donors (Lipinski definition) is 3. The Balaban J connectivity index is 2.29. The standard InChI is InChI=1S/C9H17N3O2/c1-7(13)11-5-8(14)12-9(2)3-4-10-6-9/h10H,3-6H2,1-2H3,(H,11,13)(H,12,14). The van der Waals surface area contributed by atoms with Gasteiger partial charge in [-0.2, -0.15) is 0 Å². The Morgan fingerprint density at radius 2 is 2.21 bits per heavy atom. The second-order valence-electron chi connectivity index (χ2n) is 3.95. The Morgan fingerprint density at radius 3 is 2.71 bits per heavy atom. The molecule has 1 aliphatic heterocycles. The first kappa shape index (κ1) is 11.0. The molecule has 3 N–H and O–H groups in total. The Hall–Kier alpha value is -1.10. The predicted molar refractivity (Wildman–Crippen MR) is 52.7 cm³/mol. The molecule has 1 aliphatic rings. The van der Waals surface area contributed by atoms with Crippen LogP contribution in [-0.4, -0.2) is 37.0 Å². The van der Waals surface area contributed by atoms with Gasteiger partial charge in [0.15, 0.2) is 0 Å². The van der Waals surface area contributed by atoms with E-state index < -0.39 is 0 Å². The van der Waals surface area contributed by atoms with Crippen molar-refractivity contribution in [2.24, 2.45) is 0 Å². The third-order valence-electron chi connectivity index (χ3n) is 2.31. The largest absolute Gasteiger partial charge is 0.348 e. The molecule has 14 heavy (non-hydrogen) atoms. The van der Waals surface area contributed by atoms with Crippen molar-refractivity contribution in [2.45, 2.75) is 25.8 Å². The number of carbonyl (C=O) groups excluding carboxylic acids is 2. The molecule has 0 saturated carbocycles. The number of hydrogen-bond acceptors (Lipinski definition) is 3. The van der Waals surface area contributed by atoms with E-state index in [1.54, 1.807) is 0 Å². The third kappa shape index (κ3) is 3.33. The lowest BCUT2D eigenvalue weighted by atomic mass is 10.0. The van der Waals surface area contributed by atoms with Crippen molar-refractivity contribution in [2.75, 3.05) is 19.6 Å². The average Bonchev–Trinajstić information content (AvgIpc) is 2.48. The van der Waals surface area contributed by atoms with E-state index in [-0.39, 0.29) is 23.9 Å². The van der Waals surface area contributed by atoms with Gasteiger partial charge in [-0.15, -0.1) is 0 Å². The fourth-order valence-corrected chi connectivity index (χ4v) is 1.51. The highest BCUT2D eigenvalue weighted by Crippen LogP contribution is 2.12. The van der Waals surface area contributed by atoms with Gasteiger partial charge in [0.1, 0.15) is 0 Å². The summed E-state index contributed by atoms with van der Waals surface area (Å²) in [4.78, 5) is 21.9. The monoisotopic (exact) mass is 199 g/mol. The number of nitrogens with one attached hydrogen (secondary N) is 3. The predicted octanol–water partition coefficient (Wildman–Crippen LogP) is -1.01. The summed E-state index contributed by atoms with van der Waals surface area (Å²) >= 11 is 0. The minimum atomic E-state index is -0.185. The molecule has 80 valence electrons. The van der Waals surface area contributed by atoms with Gasteiger partial charge in [-0.25, -0.2) is 0 Å². The molecule has 1 unspecified atom stereocenters. The second-order valence-corrected chi connectivity index (χ2v) is 3.95. The van der Waals surface area contributed by atoms with E-state index in [1.165, 1.54) is 6.92 Å². The van der Waals surface area contributed by atoms with Crippen LogP contribution >= 0.6 is 0 Å². The lowest BCUT2D eigenvalue weighted by Gasteiger charge is -2.24. The average molecular weight is 199 g/mol. The van der Waals surface area contributed by atoms with E-state index >= 15 is 0 Å². The number of carbonyl (C=O) groups is 2. The molecular weight excluding hydrogens is 182 g/mol. The van der Waals surface area contributed by atoms with Crippen LogP contribution < -0.4 is 16.0 Å². The molecule has 1 saturated heterocycles. The normalized spacial score (nSPS) is 25.9. The zero-order chi connectivity index (χ0) is 10.6. The van der Waals surface area contributed by atoms with Gasteiger partial charge in [0.25, 0.3) is 0 Å². The zero-order valence-electron chi connectivity index (χ0n) is 8.64. The van der Waals surface area contributed by atoms with Gasteiger partial charge in [0, 0.05) is 13.5 Å². The Bertz CT molecular complexity index is 234. The number of rotatable bonds is 3. The van der Waals surface area contributed by atoms with Crippen LogP contribution in [0.2, 0.25) is 0 Å². The van der Waals surface area contributed by atoms with Crippen molar-refractivity contribution < 1.29 is 9.59 Å². The SMILES string of the molecule is CC(=O)NCC(=O)NC1(C)CCNC1. The Labute approximate surface area is 83.6 Å². The highest BCUT2D eigenvalue weighted by atomic mass is 16.2. The Kier molecular flexibility index (Phi) is 3.46. The van der Waals surface area contributed by atoms with Crippen LogP contribution in [0, 0.1) is 0 Å². The summed E-state index contributed by atoms with van der Waals surface area (Å²) in [6.07, 6.45) is 0.929. The Morgan fingerprint density at radius 1 is 1.50 bits per heavy atom. The summed E-state index contributed by atoms with van der Waals surface area (Å²) < 4.78 is 0. The number of amides is 2. The van der Waals surface area contributed by atoms with Gasteiger partial charge in [-0.1, -0.05) is 0 Å². The quantitative estimate of drug-likeness (QED) is 0.545. The summed E-state index contributed by atoms with van der Waals surface area (Å²) in [5, 5.41) is 8.54. The maximum atomic E-state index is 11.4. The molecule has 0 aromatic heterocycles. The molecule has 0 radical (unpaired) electrons. The van der Waals surface area contributed by atoms with Gasteiger partial charge in [0.05, 0.1) is 12.1 Å². The van der Waals surface area contributed by atoms with E-state index in [4.69, 9.17) is 0 Å². The first-order valence-corrected chi connectivity index (χ1v) is 4.78. The molecule has 1 atom stereocenters. The maximum Gasteiger partial charge on any atom is 0.239 e. The highest BCUT2D eigenvalue weighted by Gasteiger charge is 2.29. The minimum absolute atomic E-state index is 0.0604. The van der Waals surface area contributed by atoms with Crippen LogP contribution in [-0.2, 0) is 9.59 Å². The van der Waals surface area contributed by atoms with Crippen molar-refractivity contribution >= 4 is 11.8 Å². The summed E-state index contributed by atoms with van der Waals surface area (Å²) in [6.45, 7) is 5.17. The van der Waals surface area contributed by atoms with Crippen molar-refractivity contribution in [3.63, 3.8) is 0 Å². The first-order chi connectivity index (χ1) is 6.52. The molecule has 0 aromatic rings. The summed E-state index contributed by atoms with van der Waals surface area (Å²) in [6, 6.07) is 0.